The highest BCUT2D eigenvalue weighted by atomic mass is 32.2. The van der Waals surface area contributed by atoms with Gasteiger partial charge >= 0.3 is 0 Å². The molecule has 4 heterocycles. The minimum atomic E-state index is -3.89. The second-order valence-corrected chi connectivity index (χ2v) is 17.8. The minimum absolute atomic E-state index is 0.111. The molecule has 1 aromatic carbocycles. The Kier molecular flexibility index (Phi) is 10.2. The zero-order valence-electron chi connectivity index (χ0n) is 30.1. The minimum Gasteiger partial charge on any atom is -0.473 e. The highest BCUT2D eigenvalue weighted by molar-refractivity contribution is 7.91. The Morgan fingerprint density at radius 2 is 1.69 bits per heavy atom. The molecule has 0 radical (unpaired) electrons. The first kappa shape index (κ1) is 36.9. The monoisotopic (exact) mass is 782 g/mol. The van der Waals surface area contributed by atoms with Crippen LogP contribution in [0.3, 0.4) is 0 Å². The number of hydrogen-bond donors (Lipinski definition) is 3. The third-order valence-corrected chi connectivity index (χ3v) is 13.7. The molecule has 3 N–H and O–H groups in total. The van der Waals surface area contributed by atoms with Crippen LogP contribution in [0.5, 0.6) is 5.88 Å². The second kappa shape index (κ2) is 15.3. The molecule has 8 rings (SSSR count). The van der Waals surface area contributed by atoms with Gasteiger partial charge in [0.2, 0.25) is 21.8 Å². The van der Waals surface area contributed by atoms with Crippen LogP contribution >= 0.6 is 11.3 Å². The van der Waals surface area contributed by atoms with E-state index in [0.29, 0.717) is 48.8 Å². The van der Waals surface area contributed by atoms with Crippen molar-refractivity contribution in [2.45, 2.75) is 87.1 Å². The van der Waals surface area contributed by atoms with Gasteiger partial charge in [-0.25, -0.2) is 18.4 Å². The number of amides is 3. The maximum Gasteiger partial charge on any atom is 0.270 e. The Bertz CT molecular complexity index is 2250. The number of nitrogens with zero attached hydrogens (tertiary/aromatic N) is 3. The van der Waals surface area contributed by atoms with E-state index in [-0.39, 0.29) is 36.6 Å². The van der Waals surface area contributed by atoms with Gasteiger partial charge in [0.25, 0.3) is 11.8 Å². The third kappa shape index (κ3) is 7.90. The lowest BCUT2D eigenvalue weighted by Gasteiger charge is -2.26. The number of aromatic nitrogens is 3. The average Bonchev–Trinajstić information content (AvgIpc) is 4.05. The van der Waals surface area contributed by atoms with Gasteiger partial charge in [-0.2, -0.15) is 0 Å². The van der Waals surface area contributed by atoms with Gasteiger partial charge in [-0.1, -0.05) is 49.3 Å². The summed E-state index contributed by atoms with van der Waals surface area (Å²) in [4.78, 5) is 71.1. The molecule has 55 heavy (non-hydrogen) atoms. The fraction of sp³-hybridized carbons (Fsp3) is 0.425. The summed E-state index contributed by atoms with van der Waals surface area (Å²) in [6.45, 7) is 0. The topological polar surface area (TPSA) is 186 Å². The first-order chi connectivity index (χ1) is 26.6. The molecule has 3 fully saturated rings. The average molecular weight is 783 g/mol. The molecule has 13 nitrogen and oxygen atoms in total. The fourth-order valence-corrected chi connectivity index (χ4v) is 9.86. The zero-order chi connectivity index (χ0) is 38.2. The van der Waals surface area contributed by atoms with E-state index in [1.807, 2.05) is 53.9 Å². The molecule has 0 spiro atoms. The number of sulfonamides is 1. The van der Waals surface area contributed by atoms with E-state index in [1.165, 1.54) is 17.5 Å². The smallest absolute Gasteiger partial charge is 0.270 e. The summed E-state index contributed by atoms with van der Waals surface area (Å²) < 4.78 is 34.6. The Morgan fingerprint density at radius 1 is 0.909 bits per heavy atom. The molecule has 0 saturated heterocycles. The van der Waals surface area contributed by atoms with Crippen molar-refractivity contribution in [3.63, 3.8) is 0 Å². The number of fused-ring (bicyclic) bond motifs is 3. The highest BCUT2D eigenvalue weighted by Crippen LogP contribution is 2.47. The number of hydrogen-bond acceptors (Lipinski definition) is 11. The summed E-state index contributed by atoms with van der Waals surface area (Å²) in [5.41, 5.74) is 0.543. The van der Waals surface area contributed by atoms with Crippen molar-refractivity contribution in [1.82, 2.24) is 30.3 Å². The van der Waals surface area contributed by atoms with Crippen LogP contribution in [-0.4, -0.2) is 69.8 Å². The van der Waals surface area contributed by atoms with Crippen LogP contribution in [0.25, 0.3) is 21.6 Å². The molecule has 0 bridgehead atoms. The van der Waals surface area contributed by atoms with Crippen molar-refractivity contribution in [3.05, 3.63) is 84.0 Å². The predicted molar refractivity (Wildman–Crippen MR) is 205 cm³/mol. The number of ether oxygens (including phenoxy) is 1. The largest absolute Gasteiger partial charge is 0.473 e. The number of para-hydroxylation sites is 2. The standard InChI is InChI=1S/C40H42N6O7S2/c47-35-27-21-25(53-38-34(33-16-10-20-54-33)42-29-12-6-7-13-30(29)44-38)22-28(27)36(48)45-40(39(50)46-55(51,52)26-17-18-26)23-24(40)11-4-2-1-3-5-14-31(35)43-37(49)32-15-8-9-19-41-32/h4,6-13,15-16,19-20,24-28,31H,1-3,5,14,17-18,21-23H2,(H,43,49)(H,45,48)(H,46,50)/b11-4-/t24?,25-,27?,28+,31+,40+/m0/s1. The normalized spacial score (nSPS) is 27.7. The molecule has 4 aromatic rings. The number of carbonyl (C=O) groups is 4. The molecule has 6 atom stereocenters. The Labute approximate surface area is 322 Å². The van der Waals surface area contributed by atoms with E-state index in [9.17, 15) is 27.6 Å². The van der Waals surface area contributed by atoms with Crippen LogP contribution in [0.15, 0.2) is 78.3 Å². The molecular weight excluding hydrogens is 741 g/mol. The van der Waals surface area contributed by atoms with E-state index < -0.39 is 68.4 Å². The summed E-state index contributed by atoms with van der Waals surface area (Å²) in [6, 6.07) is 15.3. The molecule has 3 amide bonds. The lowest BCUT2D eigenvalue weighted by molar-refractivity contribution is -0.136. The summed E-state index contributed by atoms with van der Waals surface area (Å²) >= 11 is 1.48. The first-order valence-electron chi connectivity index (χ1n) is 18.9. The molecule has 1 aliphatic heterocycles. The van der Waals surface area contributed by atoms with E-state index >= 15 is 0 Å². The van der Waals surface area contributed by atoms with Gasteiger partial charge < -0.3 is 15.4 Å². The van der Waals surface area contributed by atoms with E-state index in [2.05, 4.69) is 20.3 Å². The predicted octanol–water partition coefficient (Wildman–Crippen LogP) is 4.90. The van der Waals surface area contributed by atoms with E-state index in [4.69, 9.17) is 14.7 Å². The number of nitrogens with one attached hydrogen (secondary N) is 3. The summed E-state index contributed by atoms with van der Waals surface area (Å²) in [5, 5.41) is 7.16. The van der Waals surface area contributed by atoms with Gasteiger partial charge in [0.15, 0.2) is 5.78 Å². The Balaban J connectivity index is 1.12. The van der Waals surface area contributed by atoms with Crippen LogP contribution in [-0.2, 0) is 24.4 Å². The van der Waals surface area contributed by atoms with Crippen molar-refractivity contribution in [3.8, 4) is 16.5 Å². The van der Waals surface area contributed by atoms with Gasteiger partial charge in [-0.3, -0.25) is 28.9 Å². The Morgan fingerprint density at radius 3 is 2.44 bits per heavy atom. The van der Waals surface area contributed by atoms with Crippen molar-refractivity contribution in [2.24, 2.45) is 17.8 Å². The van der Waals surface area contributed by atoms with Gasteiger partial charge in [-0.15, -0.1) is 11.3 Å². The number of ketones is 1. The van der Waals surface area contributed by atoms with Crippen LogP contribution in [0.2, 0.25) is 0 Å². The van der Waals surface area contributed by atoms with Crippen LogP contribution < -0.4 is 20.1 Å². The van der Waals surface area contributed by atoms with Crippen molar-refractivity contribution < 1.29 is 32.3 Å². The number of benzene rings is 1. The van der Waals surface area contributed by atoms with E-state index in [1.54, 1.807) is 18.2 Å². The third-order valence-electron chi connectivity index (χ3n) is 11.0. The van der Waals surface area contributed by atoms with Gasteiger partial charge in [0, 0.05) is 18.0 Å². The molecule has 286 valence electrons. The highest BCUT2D eigenvalue weighted by Gasteiger charge is 2.62. The molecule has 4 aliphatic rings. The number of Topliss-reactive ketones (excluding diaryl/α,β-unsaturated/α-hetero) is 1. The molecular formula is C40H42N6O7S2. The Hall–Kier alpha value is -5.02. The van der Waals surface area contributed by atoms with Crippen LogP contribution in [0, 0.1) is 17.8 Å². The van der Waals surface area contributed by atoms with Crippen molar-refractivity contribution in [1.29, 1.82) is 0 Å². The maximum absolute atomic E-state index is 14.7. The van der Waals surface area contributed by atoms with E-state index in [0.717, 1.165) is 17.7 Å². The lowest BCUT2D eigenvalue weighted by atomic mass is 9.85. The second-order valence-electron chi connectivity index (χ2n) is 14.9. The number of allylic oxidation sites excluding steroid dienone is 1. The quantitative estimate of drug-likeness (QED) is 0.208. The van der Waals surface area contributed by atoms with Crippen LogP contribution in [0.1, 0.15) is 74.7 Å². The molecule has 15 heteroatoms. The number of thiophene rings is 1. The lowest BCUT2D eigenvalue weighted by Crippen LogP contribution is -2.54. The van der Waals surface area contributed by atoms with Crippen molar-refractivity contribution in [2.75, 3.05) is 0 Å². The SMILES string of the molecule is O=C(N[C@@H]1CCCCC/C=C\C2C[C@@]2(C(=O)NS(=O)(=O)C2CC2)NC(=O)[C@@H]2C[C@@H](Oc3nc4ccccc4nc3-c3cccs3)CC2C1=O)c1ccccn1. The zero-order valence-corrected chi connectivity index (χ0v) is 31.7. The fourth-order valence-electron chi connectivity index (χ4n) is 7.79. The van der Waals surface area contributed by atoms with Crippen LogP contribution in [0.4, 0.5) is 0 Å². The van der Waals surface area contributed by atoms with Gasteiger partial charge in [-0.05, 0) is 87.1 Å². The molecule has 3 aromatic heterocycles. The van der Waals surface area contributed by atoms with Crippen molar-refractivity contribution >= 4 is 55.9 Å². The molecule has 3 saturated carbocycles. The summed E-state index contributed by atoms with van der Waals surface area (Å²) in [7, 11) is -3.89. The summed E-state index contributed by atoms with van der Waals surface area (Å²) in [5.74, 6) is -4.11. The number of rotatable bonds is 8. The summed E-state index contributed by atoms with van der Waals surface area (Å²) in [6.07, 6.45) is 9.45. The maximum atomic E-state index is 14.7. The van der Waals surface area contributed by atoms with Gasteiger partial charge in [0.05, 0.1) is 33.1 Å². The number of carbonyl (C=O) groups excluding carboxylic acids is 4. The van der Waals surface area contributed by atoms with Gasteiger partial charge in [0.1, 0.15) is 23.0 Å². The first-order valence-corrected chi connectivity index (χ1v) is 21.3. The molecule has 3 aliphatic carbocycles. The number of pyridine rings is 1. The molecule has 2 unspecified atom stereocenters.